The Morgan fingerprint density at radius 1 is 1.22 bits per heavy atom. The van der Waals surface area contributed by atoms with E-state index < -0.39 is 33.4 Å². The second kappa shape index (κ2) is 6.60. The fourth-order valence-electron chi connectivity index (χ4n) is 5.34. The van der Waals surface area contributed by atoms with Gasteiger partial charge in [0.1, 0.15) is 6.10 Å². The van der Waals surface area contributed by atoms with Crippen molar-refractivity contribution in [1.29, 1.82) is 0 Å². The number of alkyl halides is 2. The van der Waals surface area contributed by atoms with E-state index in [4.69, 9.17) is 18.8 Å². The van der Waals surface area contributed by atoms with Crippen LogP contribution in [-0.2, 0) is 29.1 Å². The minimum absolute atomic E-state index is 0.165. The van der Waals surface area contributed by atoms with Crippen molar-refractivity contribution in [2.45, 2.75) is 56.2 Å². The van der Waals surface area contributed by atoms with Crippen LogP contribution in [0.1, 0.15) is 32.6 Å². The van der Waals surface area contributed by atoms with Crippen LogP contribution in [0, 0.1) is 29.6 Å². The average Bonchev–Trinajstić information content (AvgIpc) is 3.02. The van der Waals surface area contributed by atoms with E-state index in [0.29, 0.717) is 43.1 Å². The van der Waals surface area contributed by atoms with Crippen molar-refractivity contribution in [2.75, 3.05) is 13.2 Å². The van der Waals surface area contributed by atoms with Gasteiger partial charge in [0.05, 0.1) is 25.2 Å². The fourth-order valence-corrected chi connectivity index (χ4v) is 5.80. The summed E-state index contributed by atoms with van der Waals surface area (Å²) in [5.41, 5.74) is 0. The summed E-state index contributed by atoms with van der Waals surface area (Å²) in [7, 11) is -5.65. The molecular formula is C17H24F2O7S. The molecule has 0 radical (unpaired) electrons. The van der Waals surface area contributed by atoms with Gasteiger partial charge in [0.25, 0.3) is 0 Å². The summed E-state index contributed by atoms with van der Waals surface area (Å²) in [6.45, 7) is 2.11. The Kier molecular flexibility index (Phi) is 4.76. The molecule has 10 heteroatoms. The SMILES string of the molecule is CC(OC(=O)C1CC2C3CC(OCC4CO4)C(C3)C2C1)C(F)(F)S(=O)(=O)O. The highest BCUT2D eigenvalue weighted by Crippen LogP contribution is 2.61. The third-order valence-electron chi connectivity index (χ3n) is 6.75. The summed E-state index contributed by atoms with van der Waals surface area (Å²) >= 11 is 0. The summed E-state index contributed by atoms with van der Waals surface area (Å²) in [5.74, 6) is 0.178. The maximum absolute atomic E-state index is 13.6. The number of epoxide rings is 1. The van der Waals surface area contributed by atoms with Gasteiger partial charge in [-0.05, 0) is 56.3 Å². The third kappa shape index (κ3) is 3.49. The van der Waals surface area contributed by atoms with Crippen molar-refractivity contribution in [2.24, 2.45) is 29.6 Å². The molecule has 0 aromatic carbocycles. The summed E-state index contributed by atoms with van der Waals surface area (Å²) in [6, 6.07) is 0. The number of hydrogen-bond donors (Lipinski definition) is 1. The zero-order chi connectivity index (χ0) is 19.6. The highest BCUT2D eigenvalue weighted by molar-refractivity contribution is 7.86. The van der Waals surface area contributed by atoms with Gasteiger partial charge in [0.2, 0.25) is 0 Å². The van der Waals surface area contributed by atoms with Crippen LogP contribution in [0.5, 0.6) is 0 Å². The number of ether oxygens (including phenoxy) is 3. The quantitative estimate of drug-likeness (QED) is 0.388. The standard InChI is InChI=1S/C17H24F2O7S/c1-8(17(18,19)27(21,22)23)26-16(20)10-3-12-9-2-14(13(12)4-10)15(5-9)25-7-11-6-24-11/h8-15H,2-7H2,1H3,(H,21,22,23). The molecule has 1 heterocycles. The van der Waals surface area contributed by atoms with E-state index in [1.54, 1.807) is 0 Å². The van der Waals surface area contributed by atoms with Crippen LogP contribution in [0.15, 0.2) is 0 Å². The second-order valence-corrected chi connectivity index (χ2v) is 9.83. The Labute approximate surface area is 156 Å². The Bertz CT molecular complexity index is 708. The molecule has 8 unspecified atom stereocenters. The van der Waals surface area contributed by atoms with E-state index in [1.165, 1.54) is 0 Å². The maximum atomic E-state index is 13.6. The molecule has 0 aromatic rings. The Balaban J connectivity index is 1.34. The first-order chi connectivity index (χ1) is 12.6. The van der Waals surface area contributed by atoms with Gasteiger partial charge < -0.3 is 14.2 Å². The van der Waals surface area contributed by atoms with E-state index in [0.717, 1.165) is 26.4 Å². The molecule has 4 rings (SSSR count). The molecule has 0 aromatic heterocycles. The molecule has 2 bridgehead atoms. The summed E-state index contributed by atoms with van der Waals surface area (Å²) in [5, 5.41) is -4.53. The predicted molar refractivity (Wildman–Crippen MR) is 87.4 cm³/mol. The molecule has 4 fully saturated rings. The molecule has 8 atom stereocenters. The van der Waals surface area contributed by atoms with E-state index in [-0.39, 0.29) is 12.2 Å². The number of hydrogen-bond acceptors (Lipinski definition) is 6. The van der Waals surface area contributed by atoms with Crippen molar-refractivity contribution in [3.05, 3.63) is 0 Å². The van der Waals surface area contributed by atoms with E-state index in [9.17, 15) is 22.0 Å². The van der Waals surface area contributed by atoms with Crippen LogP contribution < -0.4 is 0 Å². The minimum Gasteiger partial charge on any atom is -0.455 e. The van der Waals surface area contributed by atoms with Crippen molar-refractivity contribution < 1.29 is 40.8 Å². The lowest BCUT2D eigenvalue weighted by atomic mass is 9.80. The molecule has 1 aliphatic heterocycles. The van der Waals surface area contributed by atoms with Gasteiger partial charge in [0.15, 0.2) is 6.10 Å². The molecular weight excluding hydrogens is 386 g/mol. The van der Waals surface area contributed by atoms with E-state index >= 15 is 0 Å². The Hall–Kier alpha value is -0.840. The number of carbonyl (C=O) groups is 1. The van der Waals surface area contributed by atoms with Gasteiger partial charge >= 0.3 is 21.3 Å². The van der Waals surface area contributed by atoms with Crippen LogP contribution in [0.2, 0.25) is 0 Å². The normalized spacial score (nSPS) is 41.4. The molecule has 4 aliphatic rings. The molecule has 3 saturated carbocycles. The van der Waals surface area contributed by atoms with Crippen LogP contribution >= 0.6 is 0 Å². The number of esters is 1. The molecule has 0 amide bonds. The summed E-state index contributed by atoms with van der Waals surface area (Å²) in [4.78, 5) is 12.3. The first-order valence-electron chi connectivity index (χ1n) is 9.36. The van der Waals surface area contributed by atoms with E-state index in [2.05, 4.69) is 0 Å². The number of halogens is 2. The number of rotatable bonds is 7. The highest BCUT2D eigenvalue weighted by Gasteiger charge is 2.58. The first-order valence-corrected chi connectivity index (χ1v) is 10.8. The summed E-state index contributed by atoms with van der Waals surface area (Å²) < 4.78 is 73.3. The van der Waals surface area contributed by atoms with Gasteiger partial charge in [-0.2, -0.15) is 17.2 Å². The van der Waals surface area contributed by atoms with Gasteiger partial charge in [-0.1, -0.05) is 0 Å². The van der Waals surface area contributed by atoms with Crippen molar-refractivity contribution in [3.8, 4) is 0 Å². The second-order valence-electron chi connectivity index (χ2n) is 8.33. The van der Waals surface area contributed by atoms with Crippen molar-refractivity contribution >= 4 is 16.1 Å². The lowest BCUT2D eigenvalue weighted by Crippen LogP contribution is -2.42. The van der Waals surface area contributed by atoms with E-state index in [1.807, 2.05) is 0 Å². The minimum atomic E-state index is -5.65. The van der Waals surface area contributed by atoms with Crippen LogP contribution in [0.3, 0.4) is 0 Å². The zero-order valence-electron chi connectivity index (χ0n) is 14.9. The third-order valence-corrected chi connectivity index (χ3v) is 7.77. The number of carbonyl (C=O) groups excluding carboxylic acids is 1. The maximum Gasteiger partial charge on any atom is 0.405 e. The largest absolute Gasteiger partial charge is 0.455 e. The first kappa shape index (κ1) is 19.5. The molecule has 3 aliphatic carbocycles. The molecule has 0 spiro atoms. The van der Waals surface area contributed by atoms with Crippen LogP contribution in [0.25, 0.3) is 0 Å². The molecule has 1 N–H and O–H groups in total. The molecule has 1 saturated heterocycles. The summed E-state index contributed by atoms with van der Waals surface area (Å²) in [6.07, 6.45) is 1.28. The number of fused-ring (bicyclic) bond motifs is 5. The Morgan fingerprint density at radius 2 is 1.89 bits per heavy atom. The molecule has 7 nitrogen and oxygen atoms in total. The monoisotopic (exact) mass is 410 g/mol. The smallest absolute Gasteiger partial charge is 0.405 e. The lowest BCUT2D eigenvalue weighted by molar-refractivity contribution is -0.164. The predicted octanol–water partition coefficient (Wildman–Crippen LogP) is 1.86. The van der Waals surface area contributed by atoms with Gasteiger partial charge in [-0.25, -0.2) is 0 Å². The van der Waals surface area contributed by atoms with Gasteiger partial charge in [-0.15, -0.1) is 0 Å². The van der Waals surface area contributed by atoms with Crippen LogP contribution in [0.4, 0.5) is 8.78 Å². The lowest BCUT2D eigenvalue weighted by Gasteiger charge is -2.31. The molecule has 154 valence electrons. The van der Waals surface area contributed by atoms with Gasteiger partial charge in [0, 0.05) is 0 Å². The molecule has 27 heavy (non-hydrogen) atoms. The highest BCUT2D eigenvalue weighted by atomic mass is 32.2. The zero-order valence-corrected chi connectivity index (χ0v) is 15.7. The van der Waals surface area contributed by atoms with Crippen LogP contribution in [-0.4, -0.2) is 55.7 Å². The average molecular weight is 410 g/mol. The van der Waals surface area contributed by atoms with Gasteiger partial charge in [-0.3, -0.25) is 9.35 Å². The van der Waals surface area contributed by atoms with Crippen molar-refractivity contribution in [3.63, 3.8) is 0 Å². The fraction of sp³-hybridized carbons (Fsp3) is 0.941. The Morgan fingerprint density at radius 3 is 2.52 bits per heavy atom. The van der Waals surface area contributed by atoms with Crippen molar-refractivity contribution in [1.82, 2.24) is 0 Å². The topological polar surface area (TPSA) is 102 Å².